The number of fused-ring (bicyclic) bond motifs is 5. The summed E-state index contributed by atoms with van der Waals surface area (Å²) < 4.78 is 23.2. The fourth-order valence-electron chi connectivity index (χ4n) is 6.10. The van der Waals surface area contributed by atoms with Crippen LogP contribution in [0, 0.1) is 11.8 Å². The first kappa shape index (κ1) is 34.1. The smallest absolute Gasteiger partial charge is 0.409 e. The fourth-order valence-corrected chi connectivity index (χ4v) is 6.10. The summed E-state index contributed by atoms with van der Waals surface area (Å²) in [6.45, 7) is 10.7. The summed E-state index contributed by atoms with van der Waals surface area (Å²) in [7, 11) is 1.44. The number of alkyl carbamates (subject to hydrolysis) is 1. The molecule has 3 aliphatic rings. The second-order valence-corrected chi connectivity index (χ2v) is 12.9. The molecular weight excluding hydrogens is 582 g/mol. The molecule has 3 heterocycles. The Bertz CT molecular complexity index is 1370. The lowest BCUT2D eigenvalue weighted by atomic mass is 9.83. The maximum absolute atomic E-state index is 13.5. The van der Waals surface area contributed by atoms with Gasteiger partial charge in [0, 0.05) is 44.2 Å². The molecule has 1 aromatic carbocycles. The largest absolute Gasteiger partial charge is 0.459 e. The highest BCUT2D eigenvalue weighted by molar-refractivity contribution is 5.94. The number of epoxide rings is 1. The van der Waals surface area contributed by atoms with Gasteiger partial charge in [-0.3, -0.25) is 19.7 Å². The number of benzene rings is 1. The number of hydrogen-bond donors (Lipinski definition) is 4. The van der Waals surface area contributed by atoms with Gasteiger partial charge >= 0.3 is 12.1 Å². The zero-order valence-corrected chi connectivity index (χ0v) is 27.0. The van der Waals surface area contributed by atoms with Crippen LogP contribution >= 0.6 is 0 Å². The van der Waals surface area contributed by atoms with Gasteiger partial charge in [-0.15, -0.1) is 0 Å². The average molecular weight is 628 g/mol. The van der Waals surface area contributed by atoms with Crippen molar-refractivity contribution >= 4 is 35.3 Å². The first-order valence-electron chi connectivity index (χ1n) is 15.3. The predicted octanol–water partition coefficient (Wildman–Crippen LogP) is 3.99. The third-order valence-corrected chi connectivity index (χ3v) is 8.37. The molecule has 4 bridgehead atoms. The van der Waals surface area contributed by atoms with E-state index in [-0.39, 0.29) is 31.1 Å². The van der Waals surface area contributed by atoms with Crippen molar-refractivity contribution in [1.82, 2.24) is 5.32 Å². The zero-order chi connectivity index (χ0) is 33.1. The van der Waals surface area contributed by atoms with E-state index in [2.05, 4.69) is 16.0 Å². The van der Waals surface area contributed by atoms with E-state index >= 15 is 0 Å². The molecule has 12 heteroatoms. The second-order valence-electron chi connectivity index (χ2n) is 12.9. The maximum atomic E-state index is 13.5. The number of hydrogen-bond acceptors (Lipinski definition) is 9. The van der Waals surface area contributed by atoms with Gasteiger partial charge in [-0.25, -0.2) is 4.79 Å². The Hall–Kier alpha value is -3.74. The summed E-state index contributed by atoms with van der Waals surface area (Å²) in [4.78, 5) is 50.8. The number of ether oxygens (including phenoxy) is 4. The van der Waals surface area contributed by atoms with E-state index in [4.69, 9.17) is 18.9 Å². The maximum Gasteiger partial charge on any atom is 0.409 e. The summed E-state index contributed by atoms with van der Waals surface area (Å²) in [5.74, 6) is -1.53. The quantitative estimate of drug-likeness (QED) is 0.279. The van der Waals surface area contributed by atoms with Gasteiger partial charge in [0.2, 0.25) is 11.8 Å². The van der Waals surface area contributed by atoms with Crippen LogP contribution in [0.5, 0.6) is 0 Å². The first-order valence-corrected chi connectivity index (χ1v) is 15.3. The van der Waals surface area contributed by atoms with E-state index in [1.807, 2.05) is 45.9 Å². The molecule has 7 atom stereocenters. The number of amides is 3. The van der Waals surface area contributed by atoms with Gasteiger partial charge in [-0.05, 0) is 49.9 Å². The number of anilines is 2. The lowest BCUT2D eigenvalue weighted by Gasteiger charge is -2.42. The zero-order valence-electron chi connectivity index (χ0n) is 27.0. The SMILES string of the molecule is CO[C@@H]1/C=C/C=C(\C)Cc2cc(NC(C)=O)cc(c2)NC(=O)C[C@H](OC(=O)CC(C)C)[C@]2(C)O[C@H]2[C@H](C)[C@@H]2C[C@@]1(O)NC(=O)O2. The summed E-state index contributed by atoms with van der Waals surface area (Å²) in [5.41, 5.74) is -0.0972. The molecule has 0 spiro atoms. The van der Waals surface area contributed by atoms with Crippen molar-refractivity contribution in [2.45, 2.75) is 103 Å². The molecule has 2 fully saturated rings. The van der Waals surface area contributed by atoms with E-state index in [1.54, 1.807) is 25.1 Å². The van der Waals surface area contributed by atoms with Crippen LogP contribution in [0.4, 0.5) is 16.2 Å². The molecule has 4 N–H and O–H groups in total. The minimum absolute atomic E-state index is 0.00254. The Labute approximate surface area is 263 Å². The number of carbonyl (C=O) groups is 4. The van der Waals surface area contributed by atoms with Crippen LogP contribution in [0.2, 0.25) is 0 Å². The van der Waals surface area contributed by atoms with E-state index in [9.17, 15) is 24.3 Å². The number of allylic oxidation sites excluding steroid dienone is 3. The number of esters is 1. The van der Waals surface area contributed by atoms with Crippen LogP contribution in [-0.2, 0) is 39.8 Å². The van der Waals surface area contributed by atoms with Gasteiger partial charge in [-0.1, -0.05) is 44.6 Å². The standard InChI is InChI=1S/C33H45N3O9/c1-18(2)11-29(39)44-27-16-28(38)35-24-14-22(13-23(15-24)34-21(5)37)12-19(3)9-8-10-26(42-7)33(41)17-25(43-31(40)36-33)20(4)30-32(27,6)45-30/h8-10,13-15,18,20,25-27,30,41H,11-12,16-17H2,1-7H3,(H,34,37)(H,35,38)(H,36,40)/b10-8+,19-9+/t20-,25+,26-,27+,30+,32+,33+/m1/s1. The highest BCUT2D eigenvalue weighted by Crippen LogP contribution is 2.49. The average Bonchev–Trinajstić information content (AvgIpc) is 3.60. The fraction of sp³-hybridized carbons (Fsp3) is 0.576. The molecule has 0 radical (unpaired) electrons. The molecule has 12 nitrogen and oxygen atoms in total. The number of carbonyl (C=O) groups excluding carboxylic acids is 4. The summed E-state index contributed by atoms with van der Waals surface area (Å²) in [6.07, 6.45) is 1.72. The third-order valence-electron chi connectivity index (χ3n) is 8.37. The van der Waals surface area contributed by atoms with Crippen molar-refractivity contribution < 1.29 is 43.2 Å². The highest BCUT2D eigenvalue weighted by atomic mass is 16.7. The summed E-state index contributed by atoms with van der Waals surface area (Å²) >= 11 is 0. The normalized spacial score (nSPS) is 33.8. The Morgan fingerprint density at radius 2 is 1.96 bits per heavy atom. The highest BCUT2D eigenvalue weighted by Gasteiger charge is 2.64. The van der Waals surface area contributed by atoms with Gasteiger partial charge in [0.15, 0.2) is 5.72 Å². The summed E-state index contributed by atoms with van der Waals surface area (Å²) in [5, 5.41) is 19.8. The van der Waals surface area contributed by atoms with Gasteiger partial charge in [0.25, 0.3) is 0 Å². The first-order chi connectivity index (χ1) is 21.1. The van der Waals surface area contributed by atoms with E-state index in [0.717, 1.165) is 11.1 Å². The molecular formula is C33H45N3O9. The number of rotatable bonds is 5. The molecule has 1 aromatic rings. The number of nitrogens with one attached hydrogen (secondary N) is 3. The lowest BCUT2D eigenvalue weighted by Crippen LogP contribution is -2.63. The van der Waals surface area contributed by atoms with Gasteiger partial charge in [0.1, 0.15) is 23.9 Å². The predicted molar refractivity (Wildman–Crippen MR) is 166 cm³/mol. The van der Waals surface area contributed by atoms with Crippen molar-refractivity contribution in [2.24, 2.45) is 11.8 Å². The monoisotopic (exact) mass is 627 g/mol. The van der Waals surface area contributed by atoms with Crippen LogP contribution in [0.25, 0.3) is 0 Å². The molecule has 45 heavy (non-hydrogen) atoms. The van der Waals surface area contributed by atoms with Crippen molar-refractivity contribution in [1.29, 1.82) is 0 Å². The topological polar surface area (TPSA) is 165 Å². The minimum atomic E-state index is -1.78. The van der Waals surface area contributed by atoms with E-state index in [0.29, 0.717) is 17.8 Å². The number of methoxy groups -OCH3 is 1. The van der Waals surface area contributed by atoms with Crippen LogP contribution < -0.4 is 16.0 Å². The van der Waals surface area contributed by atoms with Gasteiger partial charge < -0.3 is 34.7 Å². The van der Waals surface area contributed by atoms with E-state index in [1.165, 1.54) is 14.0 Å². The lowest BCUT2D eigenvalue weighted by molar-refractivity contribution is -0.154. The van der Waals surface area contributed by atoms with Gasteiger partial charge in [0.05, 0.1) is 12.5 Å². The molecule has 3 aliphatic heterocycles. The molecule has 2 saturated heterocycles. The van der Waals surface area contributed by atoms with Crippen LogP contribution in [-0.4, -0.2) is 71.8 Å². The molecule has 4 rings (SSSR count). The minimum Gasteiger partial charge on any atom is -0.459 e. The second kappa shape index (κ2) is 13.7. The van der Waals surface area contributed by atoms with Crippen LogP contribution in [0.3, 0.4) is 0 Å². The van der Waals surface area contributed by atoms with Crippen LogP contribution in [0.1, 0.15) is 66.4 Å². The van der Waals surface area contributed by atoms with Crippen molar-refractivity contribution in [3.05, 3.63) is 47.6 Å². The molecule has 3 amide bonds. The molecule has 0 aromatic heterocycles. The van der Waals surface area contributed by atoms with Crippen molar-refractivity contribution in [3.63, 3.8) is 0 Å². The molecule has 0 unspecified atom stereocenters. The molecule has 246 valence electrons. The Morgan fingerprint density at radius 1 is 1.22 bits per heavy atom. The molecule has 0 saturated carbocycles. The molecule has 0 aliphatic carbocycles. The van der Waals surface area contributed by atoms with E-state index < -0.39 is 59.6 Å². The van der Waals surface area contributed by atoms with Gasteiger partial charge in [-0.2, -0.15) is 0 Å². The Balaban J connectivity index is 1.74. The number of aliphatic hydroxyl groups is 1. The Kier molecular flexibility index (Phi) is 10.4. The Morgan fingerprint density at radius 3 is 2.62 bits per heavy atom. The third kappa shape index (κ3) is 8.50. The summed E-state index contributed by atoms with van der Waals surface area (Å²) in [6, 6.07) is 5.30. The van der Waals surface area contributed by atoms with Crippen LogP contribution in [0.15, 0.2) is 42.0 Å². The van der Waals surface area contributed by atoms with Crippen molar-refractivity contribution in [3.8, 4) is 0 Å². The van der Waals surface area contributed by atoms with Crippen molar-refractivity contribution in [2.75, 3.05) is 17.7 Å².